The fourth-order valence-corrected chi connectivity index (χ4v) is 5.95. The minimum atomic E-state index is -0.505. The van der Waals surface area contributed by atoms with Crippen LogP contribution in [0, 0.1) is 35.0 Å². The minimum Gasteiger partial charge on any atom is -0.390 e. The van der Waals surface area contributed by atoms with Crippen LogP contribution in [0.5, 0.6) is 0 Å². The van der Waals surface area contributed by atoms with Crippen LogP contribution in [0.4, 0.5) is 0 Å². The standard InChI is InChI=1S/C19H29N3O2/c1-2-19(24)8-11-3-12(9-19)5-14(4-11)17(21)18(23)22-15(10-20)6-13-7-16(13)22/h11-17,24H,2-9,21H2,1H3/t11?,12?,13-,14?,15+,16+,17+,19?/m1/s1. The molecule has 132 valence electrons. The molecular formula is C19H29N3O2. The lowest BCUT2D eigenvalue weighted by Gasteiger charge is -2.47. The van der Waals surface area contributed by atoms with Gasteiger partial charge in [-0.3, -0.25) is 4.79 Å². The van der Waals surface area contributed by atoms with Gasteiger partial charge in [0.1, 0.15) is 6.04 Å². The zero-order valence-electron chi connectivity index (χ0n) is 14.5. The van der Waals surface area contributed by atoms with E-state index in [1.807, 2.05) is 4.90 Å². The first kappa shape index (κ1) is 16.4. The Balaban J connectivity index is 1.43. The fourth-order valence-electron chi connectivity index (χ4n) is 5.95. The summed E-state index contributed by atoms with van der Waals surface area (Å²) in [5.41, 5.74) is 5.90. The average molecular weight is 331 g/mol. The van der Waals surface area contributed by atoms with E-state index in [1.165, 1.54) is 6.42 Å². The SMILES string of the molecule is CCC1(O)CC2CC(CC([C@H](N)C(=O)N3[C@H](C#N)C[C@@H]4C[C@@H]43)C2)C1. The van der Waals surface area contributed by atoms with E-state index >= 15 is 0 Å². The molecule has 4 fully saturated rings. The third kappa shape index (κ3) is 2.64. The van der Waals surface area contributed by atoms with Gasteiger partial charge in [0.2, 0.25) is 5.91 Å². The van der Waals surface area contributed by atoms with Crippen LogP contribution >= 0.6 is 0 Å². The molecule has 4 rings (SSSR count). The lowest BCUT2D eigenvalue weighted by atomic mass is 9.61. The van der Waals surface area contributed by atoms with E-state index in [4.69, 9.17) is 5.73 Å². The molecule has 0 aromatic rings. The van der Waals surface area contributed by atoms with Gasteiger partial charge in [0.05, 0.1) is 17.7 Å². The number of piperidine rings is 1. The number of likely N-dealkylation sites (tertiary alicyclic amines) is 1. The van der Waals surface area contributed by atoms with Crippen LogP contribution in [0.3, 0.4) is 0 Å². The zero-order valence-corrected chi connectivity index (χ0v) is 14.5. The number of aliphatic hydroxyl groups is 1. The number of rotatable bonds is 3. The maximum atomic E-state index is 13.0. The molecule has 2 bridgehead atoms. The molecule has 3 aliphatic carbocycles. The molecule has 2 unspecified atom stereocenters. The third-order valence-corrected chi connectivity index (χ3v) is 7.24. The summed E-state index contributed by atoms with van der Waals surface area (Å²) in [5.74, 6) is 1.73. The third-order valence-electron chi connectivity index (χ3n) is 7.24. The van der Waals surface area contributed by atoms with E-state index in [2.05, 4.69) is 13.0 Å². The van der Waals surface area contributed by atoms with Crippen LogP contribution in [-0.4, -0.2) is 39.6 Å². The highest BCUT2D eigenvalue weighted by atomic mass is 16.3. The van der Waals surface area contributed by atoms with Crippen LogP contribution in [-0.2, 0) is 4.79 Å². The molecule has 1 aliphatic heterocycles. The maximum Gasteiger partial charge on any atom is 0.241 e. The van der Waals surface area contributed by atoms with E-state index in [0.717, 1.165) is 44.9 Å². The van der Waals surface area contributed by atoms with E-state index in [-0.39, 0.29) is 23.9 Å². The van der Waals surface area contributed by atoms with Crippen molar-refractivity contribution in [3.05, 3.63) is 0 Å². The highest BCUT2D eigenvalue weighted by Gasteiger charge is 2.55. The van der Waals surface area contributed by atoms with Crippen molar-refractivity contribution < 1.29 is 9.90 Å². The van der Waals surface area contributed by atoms with Gasteiger partial charge in [0.25, 0.3) is 0 Å². The largest absolute Gasteiger partial charge is 0.390 e. The summed E-state index contributed by atoms with van der Waals surface area (Å²) >= 11 is 0. The fraction of sp³-hybridized carbons (Fsp3) is 0.895. The van der Waals surface area contributed by atoms with Gasteiger partial charge < -0.3 is 15.7 Å². The lowest BCUT2D eigenvalue weighted by molar-refractivity contribution is -0.136. The first-order valence-electron chi connectivity index (χ1n) is 9.64. The molecule has 3 saturated carbocycles. The highest BCUT2D eigenvalue weighted by Crippen LogP contribution is 2.50. The van der Waals surface area contributed by atoms with Gasteiger partial charge in [0.15, 0.2) is 0 Å². The number of carbonyl (C=O) groups is 1. The van der Waals surface area contributed by atoms with Crippen molar-refractivity contribution in [3.8, 4) is 6.07 Å². The van der Waals surface area contributed by atoms with Gasteiger partial charge in [-0.1, -0.05) is 6.92 Å². The Labute approximate surface area is 144 Å². The second kappa shape index (κ2) is 5.71. The minimum absolute atomic E-state index is 0.00211. The molecular weight excluding hydrogens is 302 g/mol. The summed E-state index contributed by atoms with van der Waals surface area (Å²) in [5, 5.41) is 20.0. The van der Waals surface area contributed by atoms with Crippen molar-refractivity contribution in [2.75, 3.05) is 0 Å². The number of hydrogen-bond acceptors (Lipinski definition) is 4. The average Bonchev–Trinajstić information content (AvgIpc) is 3.22. The number of hydrogen-bond donors (Lipinski definition) is 2. The number of carbonyl (C=O) groups excluding carboxylic acids is 1. The lowest BCUT2D eigenvalue weighted by Crippen LogP contribution is -2.53. The Kier molecular flexibility index (Phi) is 3.89. The predicted octanol–water partition coefficient (Wildman–Crippen LogP) is 1.79. The van der Waals surface area contributed by atoms with Crippen LogP contribution in [0.2, 0.25) is 0 Å². The van der Waals surface area contributed by atoms with Crippen molar-refractivity contribution in [2.45, 2.75) is 82.0 Å². The Morgan fingerprint density at radius 1 is 1.29 bits per heavy atom. The van der Waals surface area contributed by atoms with Crippen molar-refractivity contribution in [1.29, 1.82) is 5.26 Å². The van der Waals surface area contributed by atoms with Crippen LogP contribution in [0.1, 0.15) is 58.3 Å². The summed E-state index contributed by atoms with van der Waals surface area (Å²) in [6.07, 6.45) is 7.48. The monoisotopic (exact) mass is 331 g/mol. The molecule has 5 heteroatoms. The first-order chi connectivity index (χ1) is 11.4. The molecule has 4 aliphatic rings. The zero-order chi connectivity index (χ0) is 17.1. The predicted molar refractivity (Wildman–Crippen MR) is 89.5 cm³/mol. The molecule has 0 spiro atoms. The number of nitrogens with zero attached hydrogens (tertiary/aromatic N) is 2. The topological polar surface area (TPSA) is 90.3 Å². The van der Waals surface area contributed by atoms with Crippen molar-refractivity contribution in [3.63, 3.8) is 0 Å². The smallest absolute Gasteiger partial charge is 0.241 e. The number of nitriles is 1. The Morgan fingerprint density at radius 3 is 2.54 bits per heavy atom. The summed E-state index contributed by atoms with van der Waals surface area (Å²) in [6.45, 7) is 2.06. The normalized spacial score (nSPS) is 47.7. The van der Waals surface area contributed by atoms with Gasteiger partial charge in [-0.25, -0.2) is 0 Å². The van der Waals surface area contributed by atoms with Crippen LogP contribution < -0.4 is 5.73 Å². The van der Waals surface area contributed by atoms with Gasteiger partial charge in [-0.15, -0.1) is 0 Å². The molecule has 1 amide bonds. The van der Waals surface area contributed by atoms with E-state index < -0.39 is 11.6 Å². The molecule has 0 aromatic heterocycles. The number of fused-ring (bicyclic) bond motifs is 3. The van der Waals surface area contributed by atoms with Crippen molar-refractivity contribution in [2.24, 2.45) is 29.4 Å². The molecule has 24 heavy (non-hydrogen) atoms. The number of nitrogens with two attached hydrogens (primary N) is 1. The van der Waals surface area contributed by atoms with Crippen molar-refractivity contribution in [1.82, 2.24) is 4.90 Å². The van der Waals surface area contributed by atoms with Gasteiger partial charge in [-0.2, -0.15) is 5.26 Å². The molecule has 3 N–H and O–H groups in total. The summed E-state index contributed by atoms with van der Waals surface area (Å²) in [6, 6.07) is 1.83. The molecule has 6 atom stereocenters. The molecule has 1 heterocycles. The van der Waals surface area contributed by atoms with E-state index in [9.17, 15) is 15.2 Å². The second-order valence-electron chi connectivity index (χ2n) is 8.90. The van der Waals surface area contributed by atoms with Gasteiger partial charge in [0, 0.05) is 6.04 Å². The Morgan fingerprint density at radius 2 is 1.96 bits per heavy atom. The molecule has 0 aromatic carbocycles. The summed E-state index contributed by atoms with van der Waals surface area (Å²) in [4.78, 5) is 14.8. The van der Waals surface area contributed by atoms with E-state index in [0.29, 0.717) is 17.8 Å². The first-order valence-corrected chi connectivity index (χ1v) is 9.64. The van der Waals surface area contributed by atoms with Crippen LogP contribution in [0.25, 0.3) is 0 Å². The Hall–Kier alpha value is -1.12. The van der Waals surface area contributed by atoms with Gasteiger partial charge in [-0.05, 0) is 75.0 Å². The molecule has 1 saturated heterocycles. The summed E-state index contributed by atoms with van der Waals surface area (Å²) < 4.78 is 0. The molecule has 0 radical (unpaired) electrons. The molecule has 5 nitrogen and oxygen atoms in total. The van der Waals surface area contributed by atoms with Crippen molar-refractivity contribution >= 4 is 5.91 Å². The second-order valence-corrected chi connectivity index (χ2v) is 8.90. The number of amides is 1. The van der Waals surface area contributed by atoms with E-state index in [1.54, 1.807) is 0 Å². The quantitative estimate of drug-likeness (QED) is 0.825. The van der Waals surface area contributed by atoms with Gasteiger partial charge >= 0.3 is 0 Å². The highest BCUT2D eigenvalue weighted by molar-refractivity contribution is 5.83. The van der Waals surface area contributed by atoms with Crippen LogP contribution in [0.15, 0.2) is 0 Å². The summed E-state index contributed by atoms with van der Waals surface area (Å²) in [7, 11) is 0. The maximum absolute atomic E-state index is 13.0. The Bertz CT molecular complexity index is 557.